The van der Waals surface area contributed by atoms with E-state index in [1.54, 1.807) is 0 Å². The molecular formula is C14H21NO. The van der Waals surface area contributed by atoms with Crippen molar-refractivity contribution >= 4 is 0 Å². The van der Waals surface area contributed by atoms with Gasteiger partial charge in [0.2, 0.25) is 0 Å². The molecule has 1 aromatic rings. The van der Waals surface area contributed by atoms with Gasteiger partial charge in [-0.05, 0) is 62.8 Å². The summed E-state index contributed by atoms with van der Waals surface area (Å²) in [7, 11) is 0. The van der Waals surface area contributed by atoms with Crippen LogP contribution in [0.25, 0.3) is 0 Å². The van der Waals surface area contributed by atoms with Crippen molar-refractivity contribution in [1.29, 1.82) is 0 Å². The first-order valence-electron chi connectivity index (χ1n) is 6.14. The zero-order valence-corrected chi connectivity index (χ0v) is 10.2. The summed E-state index contributed by atoms with van der Waals surface area (Å²) in [6.45, 7) is 4.24. The van der Waals surface area contributed by atoms with E-state index in [4.69, 9.17) is 10.5 Å². The fourth-order valence-electron chi connectivity index (χ4n) is 2.27. The highest BCUT2D eigenvalue weighted by atomic mass is 16.5. The third-order valence-electron chi connectivity index (χ3n) is 3.45. The Morgan fingerprint density at radius 1 is 1.19 bits per heavy atom. The lowest BCUT2D eigenvalue weighted by molar-refractivity contribution is 0.144. The Kier molecular flexibility index (Phi) is 3.49. The number of ether oxygens (including phenoxy) is 1. The number of nitrogens with two attached hydrogens (primary N) is 1. The normalized spacial score (nSPS) is 25.4. The van der Waals surface area contributed by atoms with Crippen molar-refractivity contribution in [3.63, 3.8) is 0 Å². The number of hydrogen-bond donors (Lipinski definition) is 1. The Morgan fingerprint density at radius 3 is 2.69 bits per heavy atom. The molecule has 2 rings (SSSR count). The molecule has 0 heterocycles. The Bertz CT molecular complexity index is 362. The molecule has 16 heavy (non-hydrogen) atoms. The summed E-state index contributed by atoms with van der Waals surface area (Å²) < 4.78 is 5.98. The van der Waals surface area contributed by atoms with Crippen molar-refractivity contribution in [3.05, 3.63) is 29.3 Å². The molecule has 0 aliphatic heterocycles. The fraction of sp³-hybridized carbons (Fsp3) is 0.571. The van der Waals surface area contributed by atoms with Gasteiger partial charge in [-0.1, -0.05) is 6.07 Å². The second-order valence-electron chi connectivity index (χ2n) is 4.91. The van der Waals surface area contributed by atoms with Crippen molar-refractivity contribution in [2.75, 3.05) is 0 Å². The van der Waals surface area contributed by atoms with Gasteiger partial charge >= 0.3 is 0 Å². The average Bonchev–Trinajstić information content (AvgIpc) is 2.24. The first kappa shape index (κ1) is 11.5. The van der Waals surface area contributed by atoms with Crippen LogP contribution in [0.5, 0.6) is 5.75 Å². The van der Waals surface area contributed by atoms with Crippen LogP contribution in [0.15, 0.2) is 18.2 Å². The molecule has 0 saturated heterocycles. The molecular weight excluding hydrogens is 198 g/mol. The Balaban J connectivity index is 2.00. The molecule has 1 aromatic carbocycles. The fourth-order valence-corrected chi connectivity index (χ4v) is 2.27. The SMILES string of the molecule is Cc1ccc(OC2CCCC(N)C2)cc1C. The minimum Gasteiger partial charge on any atom is -0.490 e. The molecule has 2 nitrogen and oxygen atoms in total. The molecule has 0 amide bonds. The van der Waals surface area contributed by atoms with Gasteiger partial charge in [-0.3, -0.25) is 0 Å². The zero-order valence-electron chi connectivity index (χ0n) is 10.2. The monoisotopic (exact) mass is 219 g/mol. The number of aryl methyl sites for hydroxylation is 2. The molecule has 1 aliphatic rings. The molecule has 0 bridgehead atoms. The maximum Gasteiger partial charge on any atom is 0.119 e. The summed E-state index contributed by atoms with van der Waals surface area (Å²) in [4.78, 5) is 0. The zero-order chi connectivity index (χ0) is 11.5. The summed E-state index contributed by atoms with van der Waals surface area (Å²) in [5.74, 6) is 0.988. The smallest absolute Gasteiger partial charge is 0.119 e. The van der Waals surface area contributed by atoms with Gasteiger partial charge in [-0.15, -0.1) is 0 Å². The van der Waals surface area contributed by atoms with Gasteiger partial charge in [0.15, 0.2) is 0 Å². The molecule has 88 valence electrons. The van der Waals surface area contributed by atoms with Crippen LogP contribution >= 0.6 is 0 Å². The van der Waals surface area contributed by atoms with Crippen LogP contribution in [0.3, 0.4) is 0 Å². The van der Waals surface area contributed by atoms with Crippen LogP contribution < -0.4 is 10.5 Å². The summed E-state index contributed by atoms with van der Waals surface area (Å²) in [5, 5.41) is 0. The van der Waals surface area contributed by atoms with E-state index < -0.39 is 0 Å². The highest BCUT2D eigenvalue weighted by Crippen LogP contribution is 2.24. The molecule has 0 spiro atoms. The molecule has 2 unspecified atom stereocenters. The van der Waals surface area contributed by atoms with E-state index in [2.05, 4.69) is 32.0 Å². The topological polar surface area (TPSA) is 35.2 Å². The first-order valence-corrected chi connectivity index (χ1v) is 6.14. The number of hydrogen-bond acceptors (Lipinski definition) is 2. The second kappa shape index (κ2) is 4.88. The lowest BCUT2D eigenvalue weighted by Crippen LogP contribution is -2.33. The first-order chi connectivity index (χ1) is 7.65. The molecule has 0 radical (unpaired) electrons. The third-order valence-corrected chi connectivity index (χ3v) is 3.45. The van der Waals surface area contributed by atoms with Gasteiger partial charge in [-0.25, -0.2) is 0 Å². The Labute approximate surface area is 97.8 Å². The van der Waals surface area contributed by atoms with E-state index in [1.165, 1.54) is 17.5 Å². The predicted molar refractivity (Wildman–Crippen MR) is 66.8 cm³/mol. The van der Waals surface area contributed by atoms with E-state index in [0.29, 0.717) is 12.1 Å². The number of rotatable bonds is 2. The molecule has 1 fully saturated rings. The largest absolute Gasteiger partial charge is 0.490 e. The van der Waals surface area contributed by atoms with E-state index in [-0.39, 0.29) is 0 Å². The van der Waals surface area contributed by atoms with Gasteiger partial charge in [0.1, 0.15) is 11.9 Å². The molecule has 1 saturated carbocycles. The van der Waals surface area contributed by atoms with E-state index in [0.717, 1.165) is 25.0 Å². The van der Waals surface area contributed by atoms with Crippen LogP contribution in [-0.2, 0) is 0 Å². The van der Waals surface area contributed by atoms with Crippen LogP contribution in [0, 0.1) is 13.8 Å². The minimum atomic E-state index is 0.311. The highest BCUT2D eigenvalue weighted by Gasteiger charge is 2.20. The molecule has 2 heteroatoms. The van der Waals surface area contributed by atoms with Crippen molar-refractivity contribution in [1.82, 2.24) is 0 Å². The van der Waals surface area contributed by atoms with Crippen molar-refractivity contribution < 1.29 is 4.74 Å². The van der Waals surface area contributed by atoms with Crippen molar-refractivity contribution in [2.45, 2.75) is 51.7 Å². The maximum atomic E-state index is 5.98. The van der Waals surface area contributed by atoms with Crippen LogP contribution in [0.1, 0.15) is 36.8 Å². The molecule has 2 N–H and O–H groups in total. The van der Waals surface area contributed by atoms with E-state index in [1.807, 2.05) is 0 Å². The predicted octanol–water partition coefficient (Wildman–Crippen LogP) is 2.95. The quantitative estimate of drug-likeness (QED) is 0.830. The third kappa shape index (κ3) is 2.76. The maximum absolute atomic E-state index is 5.98. The molecule has 2 atom stereocenters. The van der Waals surface area contributed by atoms with E-state index >= 15 is 0 Å². The molecule has 0 aromatic heterocycles. The summed E-state index contributed by atoms with van der Waals surface area (Å²) >= 11 is 0. The lowest BCUT2D eigenvalue weighted by atomic mass is 9.93. The summed E-state index contributed by atoms with van der Waals surface area (Å²) in [5.41, 5.74) is 8.55. The van der Waals surface area contributed by atoms with Gasteiger partial charge in [0.25, 0.3) is 0 Å². The molecule has 1 aliphatic carbocycles. The summed E-state index contributed by atoms with van der Waals surface area (Å²) in [6, 6.07) is 6.62. The standard InChI is InChI=1S/C14H21NO/c1-10-6-7-14(8-11(10)2)16-13-5-3-4-12(15)9-13/h6-8,12-13H,3-5,9,15H2,1-2H3. The van der Waals surface area contributed by atoms with E-state index in [9.17, 15) is 0 Å². The van der Waals surface area contributed by atoms with Crippen LogP contribution in [-0.4, -0.2) is 12.1 Å². The Morgan fingerprint density at radius 2 is 2.00 bits per heavy atom. The van der Waals surface area contributed by atoms with Gasteiger partial charge in [0.05, 0.1) is 0 Å². The highest BCUT2D eigenvalue weighted by molar-refractivity contribution is 5.33. The van der Waals surface area contributed by atoms with Crippen LogP contribution in [0.2, 0.25) is 0 Å². The second-order valence-corrected chi connectivity index (χ2v) is 4.91. The number of benzene rings is 1. The van der Waals surface area contributed by atoms with Gasteiger partial charge in [0, 0.05) is 6.04 Å². The van der Waals surface area contributed by atoms with Gasteiger partial charge in [-0.2, -0.15) is 0 Å². The minimum absolute atomic E-state index is 0.311. The van der Waals surface area contributed by atoms with Crippen LogP contribution in [0.4, 0.5) is 0 Å². The Hall–Kier alpha value is -1.02. The summed E-state index contributed by atoms with van der Waals surface area (Å²) in [6.07, 6.45) is 4.78. The average molecular weight is 219 g/mol. The lowest BCUT2D eigenvalue weighted by Gasteiger charge is -2.27. The van der Waals surface area contributed by atoms with Crippen molar-refractivity contribution in [3.8, 4) is 5.75 Å². The van der Waals surface area contributed by atoms with Gasteiger partial charge < -0.3 is 10.5 Å². The van der Waals surface area contributed by atoms with Crippen molar-refractivity contribution in [2.24, 2.45) is 5.73 Å².